The summed E-state index contributed by atoms with van der Waals surface area (Å²) in [7, 11) is 0. The number of Topliss-reactive ketones (excluding diaryl/α,β-unsaturated/α-hetero) is 2. The molecule has 0 bridgehead atoms. The van der Waals surface area contributed by atoms with Crippen molar-refractivity contribution in [3.8, 4) is 17.2 Å². The number of nitrogens with one attached hydrogen (secondary N) is 6. The number of nitro benzene ring substituents is 3. The Morgan fingerprint density at radius 3 is 1.07 bits per heavy atom. The number of amides is 8. The number of nitrogens with two attached hydrogens (primary N) is 2. The molecule has 552 valence electrons. The Bertz CT molecular complexity index is 3590. The molecule has 0 fully saturated rings. The van der Waals surface area contributed by atoms with Gasteiger partial charge in [0.15, 0.2) is 11.6 Å². The van der Waals surface area contributed by atoms with Crippen molar-refractivity contribution in [2.75, 3.05) is 23.7 Å². The zero-order valence-corrected chi connectivity index (χ0v) is 58.0. The minimum atomic E-state index is -1.07. The molecule has 0 saturated heterocycles. The predicted molar refractivity (Wildman–Crippen MR) is 369 cm³/mol. The second kappa shape index (κ2) is 41.5. The molecule has 0 unspecified atom stereocenters. The van der Waals surface area contributed by atoms with Crippen LogP contribution in [0.25, 0.3) is 0 Å². The Labute approximate surface area is 587 Å². The first-order valence-electron chi connectivity index (χ1n) is 31.8. The molecule has 0 aliphatic rings. The summed E-state index contributed by atoms with van der Waals surface area (Å²) in [6.45, 7) is 17.7. The number of hydrogen-bond donors (Lipinski definition) is 9. The van der Waals surface area contributed by atoms with Gasteiger partial charge in [0.2, 0.25) is 11.8 Å². The van der Waals surface area contributed by atoms with E-state index in [0.717, 1.165) is 0 Å². The number of carbonyl (C=O) groups is 10. The number of aliphatic hydroxyl groups excluding tert-OH is 1. The second-order valence-corrected chi connectivity index (χ2v) is 25.2. The number of aliphatic hydroxyl groups is 1. The van der Waals surface area contributed by atoms with E-state index in [0.29, 0.717) is 41.8 Å². The van der Waals surface area contributed by atoms with Crippen LogP contribution in [0.1, 0.15) is 119 Å². The minimum absolute atomic E-state index is 0.0671. The summed E-state index contributed by atoms with van der Waals surface area (Å²) >= 11 is 0. The largest absolute Gasteiger partial charge is 0.519 e. The molecule has 0 aliphatic heterocycles. The maximum atomic E-state index is 13.3. The Morgan fingerprint density at radius 2 is 0.784 bits per heavy atom. The number of carbonyl (C=O) groups excluding carboxylic acids is 10. The second-order valence-electron chi connectivity index (χ2n) is 25.2. The Balaban J connectivity index is 0.000000423. The van der Waals surface area contributed by atoms with E-state index in [1.54, 1.807) is 118 Å². The van der Waals surface area contributed by atoms with Crippen LogP contribution in [0.3, 0.4) is 0 Å². The number of alkyl carbamates (subject to hydrolysis) is 2. The Hall–Kier alpha value is -11.8. The van der Waals surface area contributed by atoms with Crippen LogP contribution in [0.5, 0.6) is 17.2 Å². The summed E-state index contributed by atoms with van der Waals surface area (Å²) < 4.78 is 30.3. The molecule has 34 nitrogen and oxygen atoms in total. The molecule has 5 aromatic carbocycles. The standard InChI is InChI=1S/C31H41N5O10.C24H38N4O6.C13H8N2O7/c1-19(2)26(35-29(40)46-31(3,4)5)25(37)17-21(7-6-16-33-28(32)39)27(38)34-22-10-8-20(9-11-22)18-44-30(41)45-24-14-12-23(13-15-24)36(42)43;1-15(2)20(28-23(33)34-24(3,4)5)19(30)13-17(7-6-12-26-22(25)32)21(31)27-18-10-8-16(14-29)9-11-18;16-13(21-11-5-1-9(2-6-11)14(17)18)22-12-7-3-10(4-8-12)15(19)20/h8-15,19,21,26H,6-7,16-18H2,1-5H3,(H,34,38)(H,35,40)(H3,32,33,39);8-11,15,17,20,29H,6-7,12-14H2,1-5H3,(H,27,31)(H,28,33)(H3,25,26,32);1-8H/t21-,26+;17-,20+;/m11./s1. The van der Waals surface area contributed by atoms with Gasteiger partial charge in [-0.3, -0.25) is 49.5 Å². The van der Waals surface area contributed by atoms with E-state index in [1.165, 1.54) is 72.8 Å². The first-order valence-corrected chi connectivity index (χ1v) is 31.8. The van der Waals surface area contributed by atoms with Crippen LogP contribution in [0, 0.1) is 54.0 Å². The fourth-order valence-electron chi connectivity index (χ4n) is 8.87. The predicted octanol–water partition coefficient (Wildman–Crippen LogP) is 10.6. The van der Waals surface area contributed by atoms with E-state index in [4.69, 9.17) is 39.9 Å². The number of benzene rings is 5. The van der Waals surface area contributed by atoms with Crippen molar-refractivity contribution in [1.29, 1.82) is 0 Å². The van der Waals surface area contributed by atoms with Gasteiger partial charge >= 0.3 is 36.6 Å². The molecule has 11 N–H and O–H groups in total. The van der Waals surface area contributed by atoms with Gasteiger partial charge in [-0.05, 0) is 151 Å². The maximum Gasteiger partial charge on any atom is 0.519 e. The maximum absolute atomic E-state index is 13.3. The SMILES string of the molecule is CC(C)[C@H](NC(=O)OC(C)(C)C)C(=O)C[C@@H](CCCNC(N)=O)C(=O)Nc1ccc(CO)cc1.CC(C)[C@H](NC(=O)OC(C)(C)C)C(=O)C[C@@H](CCCNC(N)=O)C(=O)Nc1ccc(COC(=O)Oc2ccc([N+](=O)[O-])cc2)cc1.O=C(Oc1ccc([N+](=O)[O-])cc1)Oc1ccc([N+](=O)[O-])cc1. The highest BCUT2D eigenvalue weighted by Crippen LogP contribution is 2.25. The number of nitrogens with zero attached hydrogens (tertiary/aromatic N) is 3. The summed E-state index contributed by atoms with van der Waals surface area (Å²) in [6.07, 6.45) is -2.42. The zero-order valence-electron chi connectivity index (χ0n) is 58.0. The van der Waals surface area contributed by atoms with E-state index in [2.05, 4.69) is 31.9 Å². The Morgan fingerprint density at radius 1 is 0.471 bits per heavy atom. The molecule has 0 radical (unpaired) electrons. The molecular formula is C68H87N11O23. The molecule has 5 rings (SSSR count). The van der Waals surface area contributed by atoms with Gasteiger partial charge in [-0.1, -0.05) is 52.0 Å². The molecular weight excluding hydrogens is 1340 g/mol. The number of anilines is 2. The van der Waals surface area contributed by atoms with E-state index in [1.807, 2.05) is 0 Å². The van der Waals surface area contributed by atoms with Crippen molar-refractivity contribution in [3.05, 3.63) is 163 Å². The summed E-state index contributed by atoms with van der Waals surface area (Å²) in [6, 6.07) is 24.6. The van der Waals surface area contributed by atoms with Gasteiger partial charge in [-0.15, -0.1) is 0 Å². The monoisotopic (exact) mass is 1430 g/mol. The number of rotatable bonds is 31. The topological polar surface area (TPSA) is 500 Å². The van der Waals surface area contributed by atoms with Gasteiger partial charge in [0.25, 0.3) is 17.1 Å². The lowest BCUT2D eigenvalue weighted by Crippen LogP contribution is -2.47. The van der Waals surface area contributed by atoms with Crippen LogP contribution in [-0.2, 0) is 46.6 Å². The molecule has 4 atom stereocenters. The molecule has 102 heavy (non-hydrogen) atoms. The van der Waals surface area contributed by atoms with Crippen LogP contribution in [0.2, 0.25) is 0 Å². The van der Waals surface area contributed by atoms with E-state index < -0.39 is 92.4 Å². The minimum Gasteiger partial charge on any atom is -0.444 e. The van der Waals surface area contributed by atoms with E-state index in [-0.39, 0.29) is 109 Å². The van der Waals surface area contributed by atoms with E-state index >= 15 is 0 Å². The van der Waals surface area contributed by atoms with Crippen LogP contribution in [0.15, 0.2) is 121 Å². The third-order valence-corrected chi connectivity index (χ3v) is 13.8. The van der Waals surface area contributed by atoms with Crippen LogP contribution in [-0.4, -0.2) is 116 Å². The number of nitro groups is 3. The lowest BCUT2D eigenvalue weighted by Gasteiger charge is -2.26. The molecule has 0 aliphatic carbocycles. The normalized spacial score (nSPS) is 12.0. The average molecular weight is 1430 g/mol. The Kier molecular flexibility index (Phi) is 34.4. The number of ketones is 2. The third kappa shape index (κ3) is 33.6. The van der Waals surface area contributed by atoms with Gasteiger partial charge < -0.3 is 76.9 Å². The van der Waals surface area contributed by atoms with Crippen molar-refractivity contribution in [2.45, 2.75) is 144 Å². The zero-order chi connectivity index (χ0) is 76.4. The van der Waals surface area contributed by atoms with Gasteiger partial charge in [-0.2, -0.15) is 0 Å². The molecule has 5 aromatic rings. The lowest BCUT2D eigenvalue weighted by atomic mass is 9.89. The third-order valence-electron chi connectivity index (χ3n) is 13.8. The summed E-state index contributed by atoms with van der Waals surface area (Å²) in [5.74, 6) is -3.21. The van der Waals surface area contributed by atoms with Crippen molar-refractivity contribution in [3.63, 3.8) is 0 Å². The number of ether oxygens (including phenoxy) is 6. The molecule has 0 saturated carbocycles. The van der Waals surface area contributed by atoms with Gasteiger partial charge in [-0.25, -0.2) is 28.8 Å². The number of urea groups is 2. The molecule has 0 spiro atoms. The summed E-state index contributed by atoms with van der Waals surface area (Å²) in [5.41, 5.74) is 10.5. The van der Waals surface area contributed by atoms with Crippen molar-refractivity contribution in [2.24, 2.45) is 35.1 Å². The number of hydrogen-bond acceptors (Lipinski definition) is 23. The quantitative estimate of drug-likeness (QED) is 0.00497. The van der Waals surface area contributed by atoms with Gasteiger partial charge in [0.1, 0.15) is 35.1 Å². The van der Waals surface area contributed by atoms with Crippen molar-refractivity contribution in [1.82, 2.24) is 21.3 Å². The smallest absolute Gasteiger partial charge is 0.444 e. The first-order chi connectivity index (χ1) is 47.8. The fraction of sp³-hybridized carbons (Fsp3) is 0.412. The lowest BCUT2D eigenvalue weighted by molar-refractivity contribution is -0.385. The molecule has 0 aromatic heterocycles. The summed E-state index contributed by atoms with van der Waals surface area (Å²) in [5, 5.41) is 56.6. The molecule has 34 heteroatoms. The van der Waals surface area contributed by atoms with Crippen LogP contribution < -0.4 is 57.6 Å². The molecule has 0 heterocycles. The van der Waals surface area contributed by atoms with Gasteiger partial charge in [0.05, 0.1) is 33.5 Å². The van der Waals surface area contributed by atoms with Crippen molar-refractivity contribution >= 4 is 88.4 Å². The summed E-state index contributed by atoms with van der Waals surface area (Å²) in [4.78, 5) is 153. The van der Waals surface area contributed by atoms with Gasteiger partial charge in [0, 0.05) is 85.5 Å². The number of non-ortho nitro benzene ring substituents is 3. The highest BCUT2D eigenvalue weighted by atomic mass is 16.7. The first kappa shape index (κ1) is 84.4. The van der Waals surface area contributed by atoms with Crippen LogP contribution >= 0.6 is 0 Å². The van der Waals surface area contributed by atoms with E-state index in [9.17, 15) is 83.4 Å². The molecule has 8 amide bonds. The highest BCUT2D eigenvalue weighted by molar-refractivity contribution is 5.98. The van der Waals surface area contributed by atoms with Crippen LogP contribution in [0.4, 0.5) is 57.2 Å². The number of primary amides is 2. The fourth-order valence-corrected chi connectivity index (χ4v) is 8.87. The average Bonchev–Trinajstić information content (AvgIpc) is 0.873. The highest BCUT2D eigenvalue weighted by Gasteiger charge is 2.33. The van der Waals surface area contributed by atoms with Crippen molar-refractivity contribution < 1.29 is 96.2 Å².